The SMILES string of the molecule is CCCNC(c1cccc(Cl)c1)c1cc(CC)nn1C. The minimum atomic E-state index is 0.131. The van der Waals surface area contributed by atoms with Crippen LogP contribution in [0.15, 0.2) is 30.3 Å². The first kappa shape index (κ1) is 15.1. The van der Waals surface area contributed by atoms with E-state index in [4.69, 9.17) is 11.6 Å². The first-order valence-corrected chi connectivity index (χ1v) is 7.55. The van der Waals surface area contributed by atoms with Gasteiger partial charge in [-0.1, -0.05) is 37.6 Å². The lowest BCUT2D eigenvalue weighted by Gasteiger charge is -2.19. The second-order valence-corrected chi connectivity index (χ2v) is 5.42. The average molecular weight is 292 g/mol. The minimum Gasteiger partial charge on any atom is -0.305 e. The van der Waals surface area contributed by atoms with Gasteiger partial charge in [-0.2, -0.15) is 5.10 Å². The number of rotatable bonds is 6. The molecule has 1 N–H and O–H groups in total. The Labute approximate surface area is 126 Å². The Bertz CT molecular complexity index is 563. The summed E-state index contributed by atoms with van der Waals surface area (Å²) < 4.78 is 1.97. The van der Waals surface area contributed by atoms with Gasteiger partial charge in [-0.05, 0) is 43.1 Å². The van der Waals surface area contributed by atoms with Crippen molar-refractivity contribution in [2.24, 2.45) is 7.05 Å². The number of hydrogen-bond donors (Lipinski definition) is 1. The molecule has 4 heteroatoms. The van der Waals surface area contributed by atoms with Gasteiger partial charge >= 0.3 is 0 Å². The molecule has 1 aromatic carbocycles. The molecule has 1 atom stereocenters. The van der Waals surface area contributed by atoms with E-state index in [1.54, 1.807) is 0 Å². The van der Waals surface area contributed by atoms with Crippen LogP contribution in [-0.2, 0) is 13.5 Å². The summed E-state index contributed by atoms with van der Waals surface area (Å²) >= 11 is 6.13. The smallest absolute Gasteiger partial charge is 0.0748 e. The lowest BCUT2D eigenvalue weighted by Crippen LogP contribution is -2.25. The molecule has 0 bridgehead atoms. The Balaban J connectivity index is 2.38. The van der Waals surface area contributed by atoms with Crippen LogP contribution in [0.2, 0.25) is 5.02 Å². The van der Waals surface area contributed by atoms with E-state index in [-0.39, 0.29) is 6.04 Å². The second-order valence-electron chi connectivity index (χ2n) is 4.98. The molecule has 0 aliphatic heterocycles. The zero-order valence-electron chi connectivity index (χ0n) is 12.4. The van der Waals surface area contributed by atoms with E-state index in [2.05, 4.69) is 36.4 Å². The van der Waals surface area contributed by atoms with Gasteiger partial charge in [0.15, 0.2) is 0 Å². The minimum absolute atomic E-state index is 0.131. The average Bonchev–Trinajstić information content (AvgIpc) is 2.81. The Hall–Kier alpha value is -1.32. The predicted octanol–water partition coefficient (Wildman–Crippen LogP) is 3.72. The fourth-order valence-corrected chi connectivity index (χ4v) is 2.55. The molecule has 2 aromatic rings. The highest BCUT2D eigenvalue weighted by Crippen LogP contribution is 2.25. The van der Waals surface area contributed by atoms with E-state index in [1.807, 2.05) is 29.9 Å². The van der Waals surface area contributed by atoms with Crippen molar-refractivity contribution in [3.05, 3.63) is 52.3 Å². The summed E-state index contributed by atoms with van der Waals surface area (Å²) in [4.78, 5) is 0. The molecular weight excluding hydrogens is 270 g/mol. The summed E-state index contributed by atoms with van der Waals surface area (Å²) in [6.07, 6.45) is 2.04. The van der Waals surface area contributed by atoms with E-state index in [0.29, 0.717) is 0 Å². The summed E-state index contributed by atoms with van der Waals surface area (Å²) in [5.74, 6) is 0. The highest BCUT2D eigenvalue weighted by molar-refractivity contribution is 6.30. The van der Waals surface area contributed by atoms with Gasteiger partial charge in [0.25, 0.3) is 0 Å². The van der Waals surface area contributed by atoms with Crippen molar-refractivity contribution in [2.45, 2.75) is 32.7 Å². The Kier molecular flexibility index (Phi) is 5.21. The molecular formula is C16H22ClN3. The van der Waals surface area contributed by atoms with E-state index in [1.165, 1.54) is 11.3 Å². The first-order valence-electron chi connectivity index (χ1n) is 7.17. The van der Waals surface area contributed by atoms with E-state index in [9.17, 15) is 0 Å². The molecule has 0 aliphatic rings. The molecule has 1 unspecified atom stereocenters. The molecule has 1 heterocycles. The van der Waals surface area contributed by atoms with Gasteiger partial charge in [0, 0.05) is 12.1 Å². The van der Waals surface area contributed by atoms with Crippen LogP contribution >= 0.6 is 11.6 Å². The Morgan fingerprint density at radius 1 is 1.30 bits per heavy atom. The highest BCUT2D eigenvalue weighted by Gasteiger charge is 2.18. The van der Waals surface area contributed by atoms with Gasteiger partial charge in [-0.25, -0.2) is 0 Å². The summed E-state index contributed by atoms with van der Waals surface area (Å²) in [7, 11) is 2.00. The van der Waals surface area contributed by atoms with Crippen molar-refractivity contribution in [1.82, 2.24) is 15.1 Å². The van der Waals surface area contributed by atoms with Crippen molar-refractivity contribution in [2.75, 3.05) is 6.54 Å². The largest absolute Gasteiger partial charge is 0.305 e. The van der Waals surface area contributed by atoms with Crippen molar-refractivity contribution in [3.63, 3.8) is 0 Å². The predicted molar refractivity (Wildman–Crippen MR) is 84.2 cm³/mol. The fraction of sp³-hybridized carbons (Fsp3) is 0.438. The molecule has 2 rings (SSSR count). The molecule has 1 aromatic heterocycles. The number of nitrogens with zero attached hydrogens (tertiary/aromatic N) is 2. The molecule has 0 amide bonds. The lowest BCUT2D eigenvalue weighted by molar-refractivity contribution is 0.553. The second kappa shape index (κ2) is 6.91. The molecule has 0 fully saturated rings. The van der Waals surface area contributed by atoms with Gasteiger partial charge in [-0.3, -0.25) is 4.68 Å². The number of halogens is 1. The van der Waals surface area contributed by atoms with Crippen LogP contribution in [0.5, 0.6) is 0 Å². The maximum absolute atomic E-state index is 6.13. The molecule has 0 spiro atoms. The topological polar surface area (TPSA) is 29.9 Å². The van der Waals surface area contributed by atoms with E-state index < -0.39 is 0 Å². The van der Waals surface area contributed by atoms with Crippen LogP contribution in [0.25, 0.3) is 0 Å². The third kappa shape index (κ3) is 3.41. The molecule has 0 saturated carbocycles. The van der Waals surface area contributed by atoms with Crippen LogP contribution in [0.4, 0.5) is 0 Å². The van der Waals surface area contributed by atoms with Gasteiger partial charge in [0.05, 0.1) is 17.4 Å². The van der Waals surface area contributed by atoms with Gasteiger partial charge < -0.3 is 5.32 Å². The quantitative estimate of drug-likeness (QED) is 0.879. The molecule has 108 valence electrons. The van der Waals surface area contributed by atoms with E-state index >= 15 is 0 Å². The Morgan fingerprint density at radius 3 is 2.70 bits per heavy atom. The van der Waals surface area contributed by atoms with Crippen molar-refractivity contribution >= 4 is 11.6 Å². The lowest BCUT2D eigenvalue weighted by atomic mass is 10.0. The van der Waals surface area contributed by atoms with Crippen LogP contribution in [0.1, 0.15) is 43.3 Å². The van der Waals surface area contributed by atoms with E-state index in [0.717, 1.165) is 30.1 Å². The summed E-state index contributed by atoms with van der Waals surface area (Å²) in [6, 6.07) is 10.3. The number of nitrogens with one attached hydrogen (secondary N) is 1. The maximum Gasteiger partial charge on any atom is 0.0748 e. The monoisotopic (exact) mass is 291 g/mol. The third-order valence-corrected chi connectivity index (χ3v) is 3.64. The third-order valence-electron chi connectivity index (χ3n) is 3.41. The fourth-order valence-electron chi connectivity index (χ4n) is 2.35. The van der Waals surface area contributed by atoms with Crippen LogP contribution in [-0.4, -0.2) is 16.3 Å². The molecule has 20 heavy (non-hydrogen) atoms. The first-order chi connectivity index (χ1) is 9.65. The molecule has 0 aliphatic carbocycles. The van der Waals surface area contributed by atoms with Crippen LogP contribution in [0.3, 0.4) is 0 Å². The number of aromatic nitrogens is 2. The Morgan fingerprint density at radius 2 is 2.10 bits per heavy atom. The van der Waals surface area contributed by atoms with Gasteiger partial charge in [0.1, 0.15) is 0 Å². The number of benzene rings is 1. The summed E-state index contributed by atoms with van der Waals surface area (Å²) in [5, 5.41) is 8.91. The molecule has 0 radical (unpaired) electrons. The summed E-state index contributed by atoms with van der Waals surface area (Å²) in [6.45, 7) is 5.26. The van der Waals surface area contributed by atoms with Crippen molar-refractivity contribution in [3.8, 4) is 0 Å². The zero-order valence-corrected chi connectivity index (χ0v) is 13.1. The maximum atomic E-state index is 6.13. The zero-order chi connectivity index (χ0) is 14.5. The molecule has 3 nitrogen and oxygen atoms in total. The van der Waals surface area contributed by atoms with Crippen LogP contribution in [0, 0.1) is 0 Å². The van der Waals surface area contributed by atoms with Crippen molar-refractivity contribution < 1.29 is 0 Å². The van der Waals surface area contributed by atoms with Crippen molar-refractivity contribution in [1.29, 1.82) is 0 Å². The van der Waals surface area contributed by atoms with Crippen LogP contribution < -0.4 is 5.32 Å². The van der Waals surface area contributed by atoms with Gasteiger partial charge in [0.2, 0.25) is 0 Å². The van der Waals surface area contributed by atoms with Gasteiger partial charge in [-0.15, -0.1) is 0 Å². The standard InChI is InChI=1S/C16H22ClN3/c1-4-9-18-16(12-7-6-8-13(17)10-12)15-11-14(5-2)19-20(15)3/h6-8,10-11,16,18H,4-5,9H2,1-3H3. The molecule has 0 saturated heterocycles. The number of aryl methyl sites for hydroxylation is 2. The highest BCUT2D eigenvalue weighted by atomic mass is 35.5. The summed E-state index contributed by atoms with van der Waals surface area (Å²) in [5.41, 5.74) is 3.47. The normalized spacial score (nSPS) is 12.6. The number of hydrogen-bond acceptors (Lipinski definition) is 2.